The summed E-state index contributed by atoms with van der Waals surface area (Å²) >= 11 is 3.95. The van der Waals surface area contributed by atoms with Gasteiger partial charge in [-0.3, -0.25) is 0 Å². The summed E-state index contributed by atoms with van der Waals surface area (Å²) in [4.78, 5) is 5.16. The molecule has 0 fully saturated rings. The van der Waals surface area contributed by atoms with Gasteiger partial charge >= 0.3 is 0 Å². The number of benzene rings is 9. The first-order chi connectivity index (χ1) is 29.9. The number of rotatable bonds is 3. The maximum absolute atomic E-state index is 2.60. The van der Waals surface area contributed by atoms with Crippen molar-refractivity contribution in [1.82, 2.24) is 0 Å². The molecule has 0 spiro atoms. The minimum absolute atomic E-state index is 0.109. The Labute approximate surface area is 363 Å². The number of hydrogen-bond acceptors (Lipinski definition) is 4. The first-order valence-electron chi connectivity index (χ1n) is 21.2. The zero-order chi connectivity index (χ0) is 40.7. The fourth-order valence-electron chi connectivity index (χ4n) is 10.5. The lowest BCUT2D eigenvalue weighted by Gasteiger charge is -2.42. The maximum Gasteiger partial charge on any atom is 0.277 e. The van der Waals surface area contributed by atoms with Crippen LogP contribution < -0.4 is 24.8 Å². The van der Waals surface area contributed by atoms with Crippen LogP contribution in [0.15, 0.2) is 164 Å². The Kier molecular flexibility index (Phi) is 7.44. The van der Waals surface area contributed by atoms with Gasteiger partial charge in [0, 0.05) is 52.5 Å². The molecule has 5 heteroatoms. The monoisotopic (exact) mass is 814 g/mol. The quantitative estimate of drug-likeness (QED) is 0.129. The summed E-state index contributed by atoms with van der Waals surface area (Å²) in [6.07, 6.45) is 0. The third-order valence-electron chi connectivity index (χ3n) is 13.3. The Balaban J connectivity index is 1.08. The van der Waals surface area contributed by atoms with Gasteiger partial charge in [0.05, 0.1) is 11.4 Å². The van der Waals surface area contributed by atoms with Crippen molar-refractivity contribution in [1.29, 1.82) is 0 Å². The Bertz CT molecular complexity index is 3630. The third-order valence-corrected chi connectivity index (χ3v) is 15.8. The van der Waals surface area contributed by atoms with E-state index in [-0.39, 0.29) is 6.71 Å². The molecule has 0 saturated heterocycles. The predicted molar refractivity (Wildman–Crippen MR) is 268 cm³/mol. The van der Waals surface area contributed by atoms with E-state index in [1.54, 1.807) is 0 Å². The number of thiophene rings is 2. The smallest absolute Gasteiger partial charge is 0.277 e. The summed E-state index contributed by atoms with van der Waals surface area (Å²) in [6, 6.07) is 62.2. The normalized spacial score (nSPS) is 13.1. The molecule has 2 nitrogen and oxygen atoms in total. The molecule has 2 aromatic heterocycles. The molecule has 0 bridgehead atoms. The van der Waals surface area contributed by atoms with Gasteiger partial charge in [0.2, 0.25) is 0 Å². The molecule has 0 amide bonds. The van der Waals surface area contributed by atoms with Gasteiger partial charge in [-0.15, -0.1) is 22.7 Å². The maximum atomic E-state index is 2.60. The molecule has 0 N–H and O–H groups in total. The molecule has 0 saturated carbocycles. The Hall–Kier alpha value is -6.66. The van der Waals surface area contributed by atoms with E-state index in [0.29, 0.717) is 0 Å². The molecule has 0 unspecified atom stereocenters. The van der Waals surface area contributed by atoms with Crippen molar-refractivity contribution in [2.45, 2.75) is 27.7 Å². The average Bonchev–Trinajstić information content (AvgIpc) is 3.85. The van der Waals surface area contributed by atoms with Gasteiger partial charge in [0.15, 0.2) is 0 Å². The highest BCUT2D eigenvalue weighted by Gasteiger charge is 2.46. The van der Waals surface area contributed by atoms with Crippen molar-refractivity contribution in [2.24, 2.45) is 0 Å². The van der Waals surface area contributed by atoms with Crippen LogP contribution in [0.1, 0.15) is 22.3 Å². The lowest BCUT2D eigenvalue weighted by atomic mass is 9.39. The van der Waals surface area contributed by atoms with E-state index in [4.69, 9.17) is 0 Å². The minimum Gasteiger partial charge on any atom is -0.310 e. The number of nitrogens with zero attached hydrogens (tertiary/aromatic N) is 2. The molecule has 288 valence electrons. The minimum atomic E-state index is 0.109. The topological polar surface area (TPSA) is 6.48 Å². The van der Waals surface area contributed by atoms with Gasteiger partial charge in [-0.05, 0) is 149 Å². The van der Waals surface area contributed by atoms with Crippen LogP contribution in [0.3, 0.4) is 0 Å². The highest BCUT2D eigenvalue weighted by Crippen LogP contribution is 2.51. The fourth-order valence-corrected chi connectivity index (χ4v) is 13.2. The molecule has 0 atom stereocenters. The van der Waals surface area contributed by atoms with Crippen LogP contribution in [0.4, 0.5) is 34.1 Å². The zero-order valence-corrected chi connectivity index (χ0v) is 36.0. The van der Waals surface area contributed by atoms with Crippen LogP contribution in [0, 0.1) is 27.7 Å². The van der Waals surface area contributed by atoms with Crippen LogP contribution in [-0.4, -0.2) is 6.71 Å². The molecule has 2 aliphatic rings. The van der Waals surface area contributed by atoms with Crippen LogP contribution in [0.25, 0.3) is 63.6 Å². The van der Waals surface area contributed by atoms with Crippen LogP contribution in [-0.2, 0) is 0 Å². The average molecular weight is 815 g/mol. The molecular weight excluding hydrogens is 776 g/mol. The summed E-state index contributed by atoms with van der Waals surface area (Å²) < 4.78 is 5.50. The molecule has 0 radical (unpaired) electrons. The van der Waals surface area contributed by atoms with E-state index in [2.05, 4.69) is 201 Å². The summed E-state index contributed by atoms with van der Waals surface area (Å²) in [5, 5.41) is 10.4. The largest absolute Gasteiger partial charge is 0.310 e. The van der Waals surface area contributed by atoms with E-state index in [0.717, 1.165) is 0 Å². The molecule has 11 aromatic rings. The zero-order valence-electron chi connectivity index (χ0n) is 34.4. The molecule has 4 heterocycles. The summed E-state index contributed by atoms with van der Waals surface area (Å²) in [6.45, 7) is 8.99. The number of aryl methyl sites for hydroxylation is 4. The SMILES string of the molecule is Cc1ccc(N2c3cccc4c3B(c3sc5ccc(C)cc5c32)c2sc3ccc(C)cc3c2N4c2ccc(C)c(-c3ccc4c5ccccc5c5ccccc5c4c3)c2)cc1. The lowest BCUT2D eigenvalue weighted by molar-refractivity contribution is 1.27. The van der Waals surface area contributed by atoms with Gasteiger partial charge < -0.3 is 9.80 Å². The van der Waals surface area contributed by atoms with Crippen molar-refractivity contribution in [3.8, 4) is 11.1 Å². The van der Waals surface area contributed by atoms with Crippen molar-refractivity contribution in [3.63, 3.8) is 0 Å². The van der Waals surface area contributed by atoms with Gasteiger partial charge in [-0.1, -0.05) is 114 Å². The molecule has 2 aliphatic heterocycles. The Morgan fingerprint density at radius 2 is 0.902 bits per heavy atom. The molecular formula is C56H39BN2S2. The third kappa shape index (κ3) is 5.02. The summed E-state index contributed by atoms with van der Waals surface area (Å²) in [5.74, 6) is 0. The van der Waals surface area contributed by atoms with E-state index in [1.165, 1.54) is 135 Å². The van der Waals surface area contributed by atoms with Gasteiger partial charge in [0.25, 0.3) is 6.71 Å². The van der Waals surface area contributed by atoms with E-state index < -0.39 is 0 Å². The molecule has 13 rings (SSSR count). The fraction of sp³-hybridized carbons (Fsp3) is 0.0714. The van der Waals surface area contributed by atoms with Crippen molar-refractivity contribution in [2.75, 3.05) is 9.80 Å². The van der Waals surface area contributed by atoms with E-state index >= 15 is 0 Å². The first-order valence-corrected chi connectivity index (χ1v) is 22.8. The first kappa shape index (κ1) is 35.1. The van der Waals surface area contributed by atoms with Gasteiger partial charge in [0.1, 0.15) is 0 Å². The number of anilines is 6. The van der Waals surface area contributed by atoms with Crippen molar-refractivity contribution < 1.29 is 0 Å². The highest BCUT2D eigenvalue weighted by molar-refractivity contribution is 7.40. The second kappa shape index (κ2) is 12.9. The van der Waals surface area contributed by atoms with Crippen LogP contribution in [0.2, 0.25) is 0 Å². The molecule has 0 aliphatic carbocycles. The standard InChI is InChI=1S/C56H39BN2S2/c1-32-16-22-37(23-17-32)58-48-14-9-15-49-52(48)57(55-53(58)46-28-33(2)18-26-50(46)60-55)56-54(47-29-34(3)19-27-51(47)61-56)59(49)38-24-20-35(4)44(31-38)36-21-25-43-41-12-6-5-10-39(41)40-11-7-8-13-42(40)45(43)30-36/h5-31H,1-4H3. The molecule has 9 aromatic carbocycles. The van der Waals surface area contributed by atoms with Gasteiger partial charge in [-0.2, -0.15) is 0 Å². The summed E-state index contributed by atoms with van der Waals surface area (Å²) in [5.41, 5.74) is 16.5. The van der Waals surface area contributed by atoms with Crippen molar-refractivity contribution >= 4 is 131 Å². The van der Waals surface area contributed by atoms with E-state index in [1.807, 2.05) is 22.7 Å². The summed E-state index contributed by atoms with van der Waals surface area (Å²) in [7, 11) is 0. The highest BCUT2D eigenvalue weighted by atomic mass is 32.1. The predicted octanol–water partition coefficient (Wildman–Crippen LogP) is 14.6. The van der Waals surface area contributed by atoms with Crippen molar-refractivity contribution in [3.05, 3.63) is 186 Å². The van der Waals surface area contributed by atoms with E-state index in [9.17, 15) is 0 Å². The molecule has 61 heavy (non-hydrogen) atoms. The second-order valence-electron chi connectivity index (χ2n) is 17.1. The Morgan fingerprint density at radius 1 is 0.393 bits per heavy atom. The van der Waals surface area contributed by atoms with Gasteiger partial charge in [-0.25, -0.2) is 0 Å². The number of hydrogen-bond donors (Lipinski definition) is 0. The van der Waals surface area contributed by atoms with Crippen LogP contribution in [0.5, 0.6) is 0 Å². The lowest BCUT2D eigenvalue weighted by Crippen LogP contribution is -2.59. The second-order valence-corrected chi connectivity index (χ2v) is 19.3. The Morgan fingerprint density at radius 3 is 1.49 bits per heavy atom. The number of fused-ring (bicyclic) bond motifs is 14. The van der Waals surface area contributed by atoms with Crippen LogP contribution >= 0.6 is 22.7 Å².